The van der Waals surface area contributed by atoms with Gasteiger partial charge in [0.2, 0.25) is 0 Å². The topological polar surface area (TPSA) is 72.2 Å². The highest BCUT2D eigenvalue weighted by Gasteiger charge is 2.21. The lowest BCUT2D eigenvalue weighted by Crippen LogP contribution is -2.15. The molecule has 0 spiro atoms. The van der Waals surface area contributed by atoms with Crippen LogP contribution >= 0.6 is 15.9 Å². The van der Waals surface area contributed by atoms with Crippen molar-refractivity contribution >= 4 is 37.3 Å². The first-order chi connectivity index (χ1) is 9.70. The molecule has 0 aliphatic heterocycles. The Balaban J connectivity index is 2.47. The van der Waals surface area contributed by atoms with E-state index in [-0.39, 0.29) is 5.69 Å². The second kappa shape index (κ2) is 5.61. The molecule has 0 aliphatic carbocycles. The zero-order chi connectivity index (χ0) is 15.8. The number of nitrogen functional groups attached to an aromatic ring is 1. The van der Waals surface area contributed by atoms with Crippen molar-refractivity contribution in [1.29, 1.82) is 0 Å². The quantitative estimate of drug-likeness (QED) is 0.806. The van der Waals surface area contributed by atoms with Crippen LogP contribution in [0.25, 0.3) is 0 Å². The van der Waals surface area contributed by atoms with E-state index >= 15 is 0 Å². The van der Waals surface area contributed by atoms with Gasteiger partial charge in [0.1, 0.15) is 16.5 Å². The van der Waals surface area contributed by atoms with Crippen molar-refractivity contribution < 1.29 is 17.2 Å². The van der Waals surface area contributed by atoms with Gasteiger partial charge in [0.05, 0.1) is 5.69 Å². The molecule has 0 unspecified atom stereocenters. The molecule has 0 saturated carbocycles. The van der Waals surface area contributed by atoms with E-state index in [0.29, 0.717) is 16.2 Å². The summed E-state index contributed by atoms with van der Waals surface area (Å²) in [6, 6.07) is 5.23. The molecular weight excluding hydrogens is 366 g/mol. The van der Waals surface area contributed by atoms with E-state index < -0.39 is 26.6 Å². The molecule has 0 heterocycles. The van der Waals surface area contributed by atoms with Gasteiger partial charge in [0, 0.05) is 10.2 Å². The fourth-order valence-corrected chi connectivity index (χ4v) is 3.50. The number of rotatable bonds is 3. The molecule has 0 fully saturated rings. The zero-order valence-corrected chi connectivity index (χ0v) is 13.2. The summed E-state index contributed by atoms with van der Waals surface area (Å²) in [5, 5.41) is 0. The highest BCUT2D eigenvalue weighted by atomic mass is 79.9. The second-order valence-electron chi connectivity index (χ2n) is 4.37. The van der Waals surface area contributed by atoms with Crippen LogP contribution in [-0.4, -0.2) is 8.42 Å². The summed E-state index contributed by atoms with van der Waals surface area (Å²) in [5.74, 6) is -1.89. The maximum atomic E-state index is 13.6. The minimum absolute atomic E-state index is 0.141. The van der Waals surface area contributed by atoms with Crippen LogP contribution < -0.4 is 10.5 Å². The Morgan fingerprint density at radius 3 is 2.52 bits per heavy atom. The standard InChI is InChI=1S/C13H11BrF2N2O2S/c1-7-4-9(14)12(6-11(7)17)18-21(19,20)13-5-8(15)2-3-10(13)16/h2-6,18H,17H2,1H3. The number of nitrogens with one attached hydrogen (secondary N) is 1. The Kier molecular flexibility index (Phi) is 4.20. The van der Waals surface area contributed by atoms with Gasteiger partial charge in [0.15, 0.2) is 0 Å². The third-order valence-electron chi connectivity index (χ3n) is 2.78. The zero-order valence-electron chi connectivity index (χ0n) is 10.8. The van der Waals surface area contributed by atoms with E-state index in [1.54, 1.807) is 13.0 Å². The van der Waals surface area contributed by atoms with Crippen LogP contribution in [-0.2, 0) is 10.0 Å². The van der Waals surface area contributed by atoms with Crippen molar-refractivity contribution in [2.24, 2.45) is 0 Å². The molecule has 0 atom stereocenters. The Morgan fingerprint density at radius 1 is 1.19 bits per heavy atom. The maximum Gasteiger partial charge on any atom is 0.264 e. The van der Waals surface area contributed by atoms with Crippen molar-refractivity contribution in [2.45, 2.75) is 11.8 Å². The van der Waals surface area contributed by atoms with Crippen molar-refractivity contribution in [1.82, 2.24) is 0 Å². The van der Waals surface area contributed by atoms with Crippen LogP contribution in [0.2, 0.25) is 0 Å². The van der Waals surface area contributed by atoms with Crippen LogP contribution in [0.5, 0.6) is 0 Å². The molecule has 3 N–H and O–H groups in total. The first-order valence-corrected chi connectivity index (χ1v) is 8.02. The number of hydrogen-bond donors (Lipinski definition) is 2. The number of sulfonamides is 1. The van der Waals surface area contributed by atoms with Gasteiger partial charge >= 0.3 is 0 Å². The first-order valence-electron chi connectivity index (χ1n) is 5.74. The predicted octanol–water partition coefficient (Wildman–Crippen LogP) is 3.42. The van der Waals surface area contributed by atoms with E-state index in [1.807, 2.05) is 0 Å². The summed E-state index contributed by atoms with van der Waals surface area (Å²) in [7, 11) is -4.27. The molecular formula is C13H11BrF2N2O2S. The number of nitrogens with two attached hydrogens (primary N) is 1. The minimum atomic E-state index is -4.27. The van der Waals surface area contributed by atoms with Crippen molar-refractivity contribution in [3.63, 3.8) is 0 Å². The van der Waals surface area contributed by atoms with Gasteiger partial charge in [-0.3, -0.25) is 4.72 Å². The Labute approximate surface area is 129 Å². The minimum Gasteiger partial charge on any atom is -0.398 e. The average Bonchev–Trinajstić information content (AvgIpc) is 2.38. The molecule has 0 saturated heterocycles. The molecule has 0 bridgehead atoms. The lowest BCUT2D eigenvalue weighted by atomic mass is 10.2. The Bertz CT molecular complexity index is 810. The second-order valence-corrected chi connectivity index (χ2v) is 6.87. The number of aryl methyl sites for hydroxylation is 1. The maximum absolute atomic E-state index is 13.6. The lowest BCUT2D eigenvalue weighted by Gasteiger charge is -2.12. The summed E-state index contributed by atoms with van der Waals surface area (Å²) in [5.41, 5.74) is 6.97. The number of hydrogen-bond acceptors (Lipinski definition) is 3. The molecule has 0 aromatic heterocycles. The number of benzene rings is 2. The van der Waals surface area contributed by atoms with Gasteiger partial charge in [-0.15, -0.1) is 0 Å². The van der Waals surface area contributed by atoms with Crippen LogP contribution in [0.3, 0.4) is 0 Å². The van der Waals surface area contributed by atoms with E-state index in [9.17, 15) is 17.2 Å². The van der Waals surface area contributed by atoms with E-state index in [2.05, 4.69) is 20.7 Å². The molecule has 2 rings (SSSR count). The predicted molar refractivity (Wildman–Crippen MR) is 80.5 cm³/mol. The van der Waals surface area contributed by atoms with Crippen LogP contribution in [0.15, 0.2) is 39.7 Å². The SMILES string of the molecule is Cc1cc(Br)c(NS(=O)(=O)c2cc(F)ccc2F)cc1N. The molecule has 112 valence electrons. The largest absolute Gasteiger partial charge is 0.398 e. The number of halogens is 3. The number of anilines is 2. The summed E-state index contributed by atoms with van der Waals surface area (Å²) in [6.07, 6.45) is 0. The highest BCUT2D eigenvalue weighted by molar-refractivity contribution is 9.10. The molecule has 0 aliphatic rings. The van der Waals surface area contributed by atoms with Gasteiger partial charge in [-0.2, -0.15) is 0 Å². The first kappa shape index (κ1) is 15.7. The van der Waals surface area contributed by atoms with E-state index in [1.165, 1.54) is 6.07 Å². The third-order valence-corrected chi connectivity index (χ3v) is 4.82. The summed E-state index contributed by atoms with van der Waals surface area (Å²) in [4.78, 5) is -0.770. The van der Waals surface area contributed by atoms with Gasteiger partial charge in [-0.25, -0.2) is 17.2 Å². The van der Waals surface area contributed by atoms with Crippen LogP contribution in [0, 0.1) is 18.6 Å². The fraction of sp³-hybridized carbons (Fsp3) is 0.0769. The molecule has 2 aromatic rings. The molecule has 4 nitrogen and oxygen atoms in total. The van der Waals surface area contributed by atoms with Gasteiger partial charge in [-0.05, 0) is 58.7 Å². The molecule has 8 heteroatoms. The van der Waals surface area contributed by atoms with Crippen LogP contribution in [0.4, 0.5) is 20.2 Å². The van der Waals surface area contributed by atoms with Crippen LogP contribution in [0.1, 0.15) is 5.56 Å². The Hall–Kier alpha value is -1.67. The summed E-state index contributed by atoms with van der Waals surface area (Å²) in [6.45, 7) is 1.75. The van der Waals surface area contributed by atoms with Gasteiger partial charge < -0.3 is 5.73 Å². The monoisotopic (exact) mass is 376 g/mol. The van der Waals surface area contributed by atoms with Crippen molar-refractivity contribution in [3.8, 4) is 0 Å². The summed E-state index contributed by atoms with van der Waals surface area (Å²) >= 11 is 3.19. The van der Waals surface area contributed by atoms with E-state index in [4.69, 9.17) is 5.73 Å². The average molecular weight is 377 g/mol. The molecule has 0 amide bonds. The Morgan fingerprint density at radius 2 is 1.86 bits per heavy atom. The smallest absolute Gasteiger partial charge is 0.264 e. The molecule has 21 heavy (non-hydrogen) atoms. The van der Waals surface area contributed by atoms with Crippen molar-refractivity contribution in [2.75, 3.05) is 10.5 Å². The molecule has 0 radical (unpaired) electrons. The highest BCUT2D eigenvalue weighted by Crippen LogP contribution is 2.30. The molecule has 2 aromatic carbocycles. The van der Waals surface area contributed by atoms with Crippen molar-refractivity contribution in [3.05, 3.63) is 52.0 Å². The third kappa shape index (κ3) is 3.33. The van der Waals surface area contributed by atoms with Gasteiger partial charge in [0.25, 0.3) is 10.0 Å². The van der Waals surface area contributed by atoms with E-state index in [0.717, 1.165) is 17.7 Å². The summed E-state index contributed by atoms with van der Waals surface area (Å²) < 4.78 is 53.6. The lowest BCUT2D eigenvalue weighted by molar-refractivity contribution is 0.555. The normalized spacial score (nSPS) is 11.4. The van der Waals surface area contributed by atoms with Gasteiger partial charge in [-0.1, -0.05) is 0 Å². The fourth-order valence-electron chi connectivity index (χ4n) is 1.65.